The number of likely N-dealkylation sites (tertiary alicyclic amines) is 1. The number of nitrogens with two attached hydrogens (primary N) is 1. The first-order chi connectivity index (χ1) is 6.18. The van der Waals surface area contributed by atoms with Crippen LogP contribution in [0.25, 0.3) is 0 Å². The van der Waals surface area contributed by atoms with Crippen LogP contribution in [-0.4, -0.2) is 41.1 Å². The van der Waals surface area contributed by atoms with Gasteiger partial charge in [-0.2, -0.15) is 0 Å². The fourth-order valence-electron chi connectivity index (χ4n) is 1.81. The molecule has 2 rings (SSSR count). The molecule has 0 aromatic heterocycles. The van der Waals surface area contributed by atoms with Crippen LogP contribution in [0.4, 0.5) is 0 Å². The van der Waals surface area contributed by atoms with Gasteiger partial charge in [0.25, 0.3) is 0 Å². The second kappa shape index (κ2) is 3.27. The number of β-amino-alcohol motifs (C(OH)–C–C–N with tert-alkyl or cyclic N) is 1. The van der Waals surface area contributed by atoms with Gasteiger partial charge in [0.1, 0.15) is 0 Å². The highest BCUT2D eigenvalue weighted by atomic mass is 16.3. The zero-order valence-electron chi connectivity index (χ0n) is 7.65. The minimum absolute atomic E-state index is 0.0269. The van der Waals surface area contributed by atoms with Crippen LogP contribution >= 0.6 is 0 Å². The quantitative estimate of drug-likeness (QED) is 0.597. The van der Waals surface area contributed by atoms with E-state index in [0.29, 0.717) is 25.4 Å². The van der Waals surface area contributed by atoms with Crippen molar-refractivity contribution in [3.63, 3.8) is 0 Å². The van der Waals surface area contributed by atoms with Gasteiger partial charge in [0.2, 0.25) is 5.91 Å². The number of hydrogen-bond donors (Lipinski definition) is 2. The van der Waals surface area contributed by atoms with E-state index in [1.54, 1.807) is 4.90 Å². The Balaban J connectivity index is 1.88. The summed E-state index contributed by atoms with van der Waals surface area (Å²) in [7, 11) is 0. The van der Waals surface area contributed by atoms with Crippen molar-refractivity contribution in [2.75, 3.05) is 13.1 Å². The normalized spacial score (nSPS) is 30.6. The number of hydrogen-bond acceptors (Lipinski definition) is 3. The molecule has 0 spiro atoms. The van der Waals surface area contributed by atoms with Crippen molar-refractivity contribution < 1.29 is 9.90 Å². The lowest BCUT2D eigenvalue weighted by Gasteiger charge is -2.19. The second-order valence-corrected chi connectivity index (χ2v) is 4.09. The smallest absolute Gasteiger partial charge is 0.239 e. The number of nitrogens with zero attached hydrogens (tertiary/aromatic N) is 1. The van der Waals surface area contributed by atoms with Crippen LogP contribution in [0.1, 0.15) is 19.3 Å². The Labute approximate surface area is 77.7 Å². The van der Waals surface area contributed by atoms with Crippen molar-refractivity contribution in [3.8, 4) is 0 Å². The van der Waals surface area contributed by atoms with E-state index in [4.69, 9.17) is 5.73 Å². The first-order valence-corrected chi connectivity index (χ1v) is 4.91. The maximum Gasteiger partial charge on any atom is 0.239 e. The molecule has 1 aliphatic carbocycles. The number of carbonyl (C=O) groups excluding carboxylic acids is 1. The summed E-state index contributed by atoms with van der Waals surface area (Å²) in [4.78, 5) is 13.4. The van der Waals surface area contributed by atoms with E-state index < -0.39 is 0 Å². The zero-order chi connectivity index (χ0) is 9.42. The third-order valence-corrected chi connectivity index (χ3v) is 2.89. The van der Waals surface area contributed by atoms with Gasteiger partial charge in [0, 0.05) is 13.1 Å². The average Bonchev–Trinajstić information content (AvgIpc) is 2.87. The Morgan fingerprint density at radius 3 is 2.62 bits per heavy atom. The van der Waals surface area contributed by atoms with Gasteiger partial charge in [0.15, 0.2) is 0 Å². The molecular weight excluding hydrogens is 168 g/mol. The van der Waals surface area contributed by atoms with E-state index in [-0.39, 0.29) is 18.1 Å². The van der Waals surface area contributed by atoms with E-state index in [1.807, 2.05) is 0 Å². The van der Waals surface area contributed by atoms with Crippen LogP contribution in [0, 0.1) is 5.92 Å². The maximum atomic E-state index is 11.7. The summed E-state index contributed by atoms with van der Waals surface area (Å²) in [6.07, 6.45) is 2.53. The number of rotatable bonds is 2. The minimum atomic E-state index is -0.338. The summed E-state index contributed by atoms with van der Waals surface area (Å²) in [5.74, 6) is 0.435. The molecule has 4 heteroatoms. The first kappa shape index (κ1) is 8.97. The molecule has 0 aromatic rings. The lowest BCUT2D eigenvalue weighted by atomic mass is 10.2. The molecule has 0 bridgehead atoms. The standard InChI is InChI=1S/C9H16N2O2/c10-8(6-1-2-6)9(13)11-4-3-7(12)5-11/h6-8,12H,1-5,10H2. The molecular formula is C9H16N2O2. The molecule has 3 N–H and O–H groups in total. The molecule has 1 amide bonds. The van der Waals surface area contributed by atoms with E-state index in [1.165, 1.54) is 0 Å². The number of carbonyl (C=O) groups is 1. The number of aliphatic hydroxyl groups excluding tert-OH is 1. The summed E-state index contributed by atoms with van der Waals surface area (Å²) in [6, 6.07) is -0.315. The second-order valence-electron chi connectivity index (χ2n) is 4.09. The lowest BCUT2D eigenvalue weighted by Crippen LogP contribution is -2.44. The molecule has 74 valence electrons. The predicted octanol–water partition coefficient (Wildman–Crippen LogP) is -0.683. The fourth-order valence-corrected chi connectivity index (χ4v) is 1.81. The Morgan fingerprint density at radius 1 is 1.46 bits per heavy atom. The van der Waals surface area contributed by atoms with Crippen molar-refractivity contribution in [3.05, 3.63) is 0 Å². The monoisotopic (exact) mass is 184 g/mol. The van der Waals surface area contributed by atoms with Crippen molar-refractivity contribution in [2.24, 2.45) is 11.7 Å². The molecule has 2 atom stereocenters. The van der Waals surface area contributed by atoms with Gasteiger partial charge >= 0.3 is 0 Å². The third-order valence-electron chi connectivity index (χ3n) is 2.89. The van der Waals surface area contributed by atoms with Crippen LogP contribution in [0.2, 0.25) is 0 Å². The minimum Gasteiger partial charge on any atom is -0.391 e. The van der Waals surface area contributed by atoms with Gasteiger partial charge in [0.05, 0.1) is 12.1 Å². The summed E-state index contributed by atoms with van der Waals surface area (Å²) in [6.45, 7) is 1.14. The van der Waals surface area contributed by atoms with Gasteiger partial charge < -0.3 is 15.7 Å². The van der Waals surface area contributed by atoms with Crippen LogP contribution in [0.5, 0.6) is 0 Å². The van der Waals surface area contributed by atoms with Gasteiger partial charge in [-0.1, -0.05) is 0 Å². The van der Waals surface area contributed by atoms with Crippen molar-refractivity contribution in [1.82, 2.24) is 4.90 Å². The van der Waals surface area contributed by atoms with E-state index >= 15 is 0 Å². The average molecular weight is 184 g/mol. The van der Waals surface area contributed by atoms with E-state index in [2.05, 4.69) is 0 Å². The number of aliphatic hydroxyl groups is 1. The van der Waals surface area contributed by atoms with Crippen LogP contribution in [-0.2, 0) is 4.79 Å². The maximum absolute atomic E-state index is 11.7. The highest BCUT2D eigenvalue weighted by Gasteiger charge is 2.37. The molecule has 13 heavy (non-hydrogen) atoms. The molecule has 2 unspecified atom stereocenters. The fraction of sp³-hybridized carbons (Fsp3) is 0.889. The van der Waals surface area contributed by atoms with Gasteiger partial charge in [-0.15, -0.1) is 0 Å². The van der Waals surface area contributed by atoms with Gasteiger partial charge in [-0.25, -0.2) is 0 Å². The van der Waals surface area contributed by atoms with E-state index in [9.17, 15) is 9.90 Å². The SMILES string of the molecule is NC(C(=O)N1CCC(O)C1)C1CC1. The van der Waals surface area contributed by atoms with Crippen LogP contribution < -0.4 is 5.73 Å². The molecule has 2 aliphatic rings. The lowest BCUT2D eigenvalue weighted by molar-refractivity contribution is -0.132. The van der Waals surface area contributed by atoms with Crippen molar-refractivity contribution >= 4 is 5.91 Å². The largest absolute Gasteiger partial charge is 0.391 e. The Morgan fingerprint density at radius 2 is 2.15 bits per heavy atom. The highest BCUT2D eigenvalue weighted by Crippen LogP contribution is 2.32. The summed E-state index contributed by atoms with van der Waals surface area (Å²) in [5, 5.41) is 9.25. The topological polar surface area (TPSA) is 66.6 Å². The van der Waals surface area contributed by atoms with Crippen LogP contribution in [0.15, 0.2) is 0 Å². The van der Waals surface area contributed by atoms with Crippen LogP contribution in [0.3, 0.4) is 0 Å². The van der Waals surface area contributed by atoms with Crippen molar-refractivity contribution in [2.45, 2.75) is 31.4 Å². The Bertz CT molecular complexity index is 216. The third kappa shape index (κ3) is 1.84. The molecule has 1 heterocycles. The molecule has 1 aliphatic heterocycles. The van der Waals surface area contributed by atoms with Crippen molar-refractivity contribution in [1.29, 1.82) is 0 Å². The molecule has 0 aromatic carbocycles. The predicted molar refractivity (Wildman–Crippen MR) is 47.9 cm³/mol. The molecule has 2 fully saturated rings. The molecule has 1 saturated heterocycles. The number of amides is 1. The first-order valence-electron chi connectivity index (χ1n) is 4.91. The molecule has 0 radical (unpaired) electrons. The highest BCUT2D eigenvalue weighted by molar-refractivity contribution is 5.82. The summed E-state index contributed by atoms with van der Waals surface area (Å²) < 4.78 is 0. The summed E-state index contributed by atoms with van der Waals surface area (Å²) >= 11 is 0. The van der Waals surface area contributed by atoms with E-state index in [0.717, 1.165) is 12.8 Å². The Hall–Kier alpha value is -0.610. The Kier molecular flexibility index (Phi) is 2.26. The molecule has 1 saturated carbocycles. The van der Waals surface area contributed by atoms with Gasteiger partial charge in [-0.3, -0.25) is 4.79 Å². The molecule has 4 nitrogen and oxygen atoms in total. The van der Waals surface area contributed by atoms with Gasteiger partial charge in [-0.05, 0) is 25.2 Å². The summed E-state index contributed by atoms with van der Waals surface area (Å²) in [5.41, 5.74) is 5.77. The zero-order valence-corrected chi connectivity index (χ0v) is 7.65.